The first-order chi connectivity index (χ1) is 14.7. The fourth-order valence-electron chi connectivity index (χ4n) is 3.94. The van der Waals surface area contributed by atoms with Crippen molar-refractivity contribution in [3.63, 3.8) is 0 Å². The lowest BCUT2D eigenvalue weighted by molar-refractivity contribution is 0.0724. The Morgan fingerprint density at radius 3 is 2.47 bits per heavy atom. The monoisotopic (exact) mass is 407 g/mol. The number of amides is 1. The average Bonchev–Trinajstić information content (AvgIpc) is 3.46. The first-order valence-corrected chi connectivity index (χ1v) is 9.88. The topological polar surface area (TPSA) is 65.8 Å². The van der Waals surface area contributed by atoms with Gasteiger partial charge in [0, 0.05) is 12.1 Å². The number of aromatic nitrogens is 2. The molecule has 7 heteroatoms. The lowest BCUT2D eigenvalue weighted by atomic mass is 10.0. The summed E-state index contributed by atoms with van der Waals surface area (Å²) in [5.41, 5.74) is 2.10. The van der Waals surface area contributed by atoms with Crippen molar-refractivity contribution in [3.05, 3.63) is 66.0 Å². The quantitative estimate of drug-likeness (QED) is 0.621. The van der Waals surface area contributed by atoms with Gasteiger partial charge in [-0.2, -0.15) is 5.10 Å². The number of likely N-dealkylation sites (tertiary alicyclic amines) is 1. The maximum Gasteiger partial charge on any atom is 0.278 e. The summed E-state index contributed by atoms with van der Waals surface area (Å²) in [5.74, 6) is 1.76. The number of rotatable bonds is 6. The third-order valence-electron chi connectivity index (χ3n) is 5.43. The zero-order chi connectivity index (χ0) is 21.1. The van der Waals surface area contributed by atoms with E-state index in [0.29, 0.717) is 18.0 Å². The number of carbonyl (C=O) groups is 1. The number of para-hydroxylation sites is 1. The van der Waals surface area contributed by atoms with Crippen molar-refractivity contribution in [3.8, 4) is 22.9 Å². The third kappa shape index (κ3) is 3.58. The number of hydrogen-bond acceptors (Lipinski definition) is 5. The number of hydrogen-bond donors (Lipinski definition) is 0. The molecule has 2 heterocycles. The Balaban J connectivity index is 1.69. The van der Waals surface area contributed by atoms with Crippen LogP contribution in [0.15, 0.2) is 54.7 Å². The van der Waals surface area contributed by atoms with E-state index in [1.807, 2.05) is 53.4 Å². The van der Waals surface area contributed by atoms with Crippen molar-refractivity contribution < 1.29 is 19.0 Å². The zero-order valence-corrected chi connectivity index (χ0v) is 17.4. The van der Waals surface area contributed by atoms with Gasteiger partial charge in [0.25, 0.3) is 5.91 Å². The standard InChI is InChI=1S/C23H25N3O4/c1-28-17-11-12-20(29-2)18(14-17)19-10-7-13-25(19)23(27)22-21(30-3)15-26(24-22)16-8-5-4-6-9-16/h4-6,8-9,11-12,14-15,19H,7,10,13H2,1-3H3/t19-/m1/s1. The van der Waals surface area contributed by atoms with E-state index in [4.69, 9.17) is 14.2 Å². The third-order valence-corrected chi connectivity index (χ3v) is 5.43. The summed E-state index contributed by atoms with van der Waals surface area (Å²) >= 11 is 0. The molecule has 1 aromatic heterocycles. The van der Waals surface area contributed by atoms with E-state index in [2.05, 4.69) is 5.10 Å². The summed E-state index contributed by atoms with van der Waals surface area (Å²) in [6, 6.07) is 15.2. The number of benzene rings is 2. The molecule has 0 spiro atoms. The molecule has 1 amide bonds. The van der Waals surface area contributed by atoms with Gasteiger partial charge in [0.2, 0.25) is 0 Å². The lowest BCUT2D eigenvalue weighted by Crippen LogP contribution is -2.31. The summed E-state index contributed by atoms with van der Waals surface area (Å²) in [7, 11) is 4.82. The molecule has 0 saturated carbocycles. The Bertz CT molecular complexity index is 1030. The largest absolute Gasteiger partial charge is 0.497 e. The minimum atomic E-state index is -0.158. The van der Waals surface area contributed by atoms with Crippen molar-refractivity contribution in [2.24, 2.45) is 0 Å². The van der Waals surface area contributed by atoms with Crippen molar-refractivity contribution in [1.82, 2.24) is 14.7 Å². The van der Waals surface area contributed by atoms with E-state index in [1.54, 1.807) is 32.2 Å². The predicted octanol–water partition coefficient (Wildman–Crippen LogP) is 3.88. The summed E-state index contributed by atoms with van der Waals surface area (Å²) in [6.45, 7) is 0.644. The summed E-state index contributed by atoms with van der Waals surface area (Å²) in [5, 5.41) is 4.54. The van der Waals surface area contributed by atoms with E-state index >= 15 is 0 Å². The highest BCUT2D eigenvalue weighted by atomic mass is 16.5. The Kier molecular flexibility index (Phi) is 5.61. The average molecular weight is 407 g/mol. The highest BCUT2D eigenvalue weighted by Gasteiger charge is 2.35. The Hall–Kier alpha value is -3.48. The maximum atomic E-state index is 13.5. The number of carbonyl (C=O) groups excluding carboxylic acids is 1. The second kappa shape index (κ2) is 8.49. The van der Waals surface area contributed by atoms with Crippen LogP contribution in [-0.4, -0.2) is 48.5 Å². The molecule has 7 nitrogen and oxygen atoms in total. The van der Waals surface area contributed by atoms with E-state index < -0.39 is 0 Å². The zero-order valence-electron chi connectivity index (χ0n) is 17.4. The summed E-state index contributed by atoms with van der Waals surface area (Å²) < 4.78 is 18.1. The van der Waals surface area contributed by atoms with Crippen LogP contribution < -0.4 is 14.2 Å². The molecule has 0 bridgehead atoms. The SMILES string of the molecule is COc1ccc(OC)c([C@H]2CCCN2C(=O)c2nn(-c3ccccc3)cc2OC)c1. The molecule has 4 rings (SSSR count). The molecule has 30 heavy (non-hydrogen) atoms. The molecule has 1 aliphatic rings. The van der Waals surface area contributed by atoms with Gasteiger partial charge in [-0.3, -0.25) is 4.79 Å². The predicted molar refractivity (Wildman–Crippen MR) is 113 cm³/mol. The Labute approximate surface area is 175 Å². The van der Waals surface area contributed by atoms with Gasteiger partial charge in [-0.1, -0.05) is 18.2 Å². The van der Waals surface area contributed by atoms with Gasteiger partial charge in [0.1, 0.15) is 11.5 Å². The summed E-state index contributed by atoms with van der Waals surface area (Å²) in [6.07, 6.45) is 3.48. The lowest BCUT2D eigenvalue weighted by Gasteiger charge is -2.26. The molecular formula is C23H25N3O4. The van der Waals surface area contributed by atoms with Gasteiger partial charge in [0.15, 0.2) is 11.4 Å². The van der Waals surface area contributed by atoms with Crippen molar-refractivity contribution in [2.45, 2.75) is 18.9 Å². The minimum Gasteiger partial charge on any atom is -0.497 e. The number of nitrogens with zero attached hydrogens (tertiary/aromatic N) is 3. The molecule has 156 valence electrons. The van der Waals surface area contributed by atoms with Crippen LogP contribution >= 0.6 is 0 Å². The van der Waals surface area contributed by atoms with E-state index in [-0.39, 0.29) is 11.9 Å². The van der Waals surface area contributed by atoms with Gasteiger partial charge in [-0.15, -0.1) is 0 Å². The first kappa shape index (κ1) is 19.8. The van der Waals surface area contributed by atoms with Gasteiger partial charge < -0.3 is 19.1 Å². The van der Waals surface area contributed by atoms with Crippen molar-refractivity contribution in [2.75, 3.05) is 27.9 Å². The maximum absolute atomic E-state index is 13.5. The summed E-state index contributed by atoms with van der Waals surface area (Å²) in [4.78, 5) is 15.4. The normalized spacial score (nSPS) is 15.8. The van der Waals surface area contributed by atoms with Crippen LogP contribution in [0.25, 0.3) is 5.69 Å². The minimum absolute atomic E-state index is 0.117. The molecule has 2 aromatic carbocycles. The molecule has 0 radical (unpaired) electrons. The van der Waals surface area contributed by atoms with Crippen LogP contribution in [0.3, 0.4) is 0 Å². The van der Waals surface area contributed by atoms with E-state index in [9.17, 15) is 4.79 Å². The van der Waals surface area contributed by atoms with Crippen molar-refractivity contribution in [1.29, 1.82) is 0 Å². The second-order valence-electron chi connectivity index (χ2n) is 7.09. The molecule has 1 aliphatic heterocycles. The molecule has 1 atom stereocenters. The molecule has 1 fully saturated rings. The van der Waals surface area contributed by atoms with Crippen LogP contribution in [0.2, 0.25) is 0 Å². The highest BCUT2D eigenvalue weighted by molar-refractivity contribution is 5.95. The van der Waals surface area contributed by atoms with E-state index in [1.165, 1.54) is 0 Å². The van der Waals surface area contributed by atoms with Gasteiger partial charge in [-0.25, -0.2) is 4.68 Å². The van der Waals surface area contributed by atoms with Crippen LogP contribution in [0.1, 0.15) is 34.9 Å². The number of methoxy groups -OCH3 is 3. The smallest absolute Gasteiger partial charge is 0.278 e. The van der Waals surface area contributed by atoms with Gasteiger partial charge in [0.05, 0.1) is 39.3 Å². The molecule has 0 unspecified atom stereocenters. The fourth-order valence-corrected chi connectivity index (χ4v) is 3.94. The second-order valence-corrected chi connectivity index (χ2v) is 7.09. The van der Waals surface area contributed by atoms with Gasteiger partial charge in [-0.05, 0) is 43.2 Å². The van der Waals surface area contributed by atoms with Crippen LogP contribution in [0.4, 0.5) is 0 Å². The molecule has 1 saturated heterocycles. The fraction of sp³-hybridized carbons (Fsp3) is 0.304. The Morgan fingerprint density at radius 2 is 1.77 bits per heavy atom. The molecule has 0 N–H and O–H groups in total. The van der Waals surface area contributed by atoms with E-state index in [0.717, 1.165) is 35.6 Å². The highest BCUT2D eigenvalue weighted by Crippen LogP contribution is 2.40. The molecule has 3 aromatic rings. The first-order valence-electron chi connectivity index (χ1n) is 9.88. The van der Waals surface area contributed by atoms with Crippen molar-refractivity contribution >= 4 is 5.91 Å². The molecular weight excluding hydrogens is 382 g/mol. The van der Waals surface area contributed by atoms with Crippen LogP contribution in [0.5, 0.6) is 17.2 Å². The molecule has 0 aliphatic carbocycles. The van der Waals surface area contributed by atoms with Gasteiger partial charge >= 0.3 is 0 Å². The van der Waals surface area contributed by atoms with Crippen LogP contribution in [-0.2, 0) is 0 Å². The number of ether oxygens (including phenoxy) is 3. The Morgan fingerprint density at radius 1 is 1.00 bits per heavy atom. The van der Waals surface area contributed by atoms with Crippen LogP contribution in [0, 0.1) is 0 Å².